The molecule has 2 aromatic rings. The van der Waals surface area contributed by atoms with Crippen molar-refractivity contribution in [2.75, 3.05) is 13.7 Å². The van der Waals surface area contributed by atoms with Crippen molar-refractivity contribution in [3.63, 3.8) is 0 Å². The van der Waals surface area contributed by atoms with E-state index in [-0.39, 0.29) is 23.6 Å². The van der Waals surface area contributed by atoms with Crippen molar-refractivity contribution in [2.24, 2.45) is 0 Å². The number of carbonyl (C=O) groups is 1. The van der Waals surface area contributed by atoms with E-state index in [1.54, 1.807) is 26.2 Å². The molecule has 0 aliphatic heterocycles. The van der Waals surface area contributed by atoms with Crippen molar-refractivity contribution in [2.45, 2.75) is 19.9 Å². The number of hydrogen-bond acceptors (Lipinski definition) is 4. The molecule has 1 atom stereocenters. The number of nitrogens with zero attached hydrogens (tertiary/aromatic N) is 3. The topological polar surface area (TPSA) is 69.0 Å². The highest BCUT2D eigenvalue weighted by Gasteiger charge is 2.17. The van der Waals surface area contributed by atoms with Gasteiger partial charge in [-0.1, -0.05) is 0 Å². The zero-order chi connectivity index (χ0) is 15.4. The van der Waals surface area contributed by atoms with E-state index in [9.17, 15) is 9.18 Å². The first-order valence-electron chi connectivity index (χ1n) is 6.50. The van der Waals surface area contributed by atoms with Crippen molar-refractivity contribution in [3.8, 4) is 5.69 Å². The van der Waals surface area contributed by atoms with Crippen LogP contribution >= 0.6 is 0 Å². The Labute approximate surface area is 121 Å². The monoisotopic (exact) mass is 292 g/mol. The van der Waals surface area contributed by atoms with E-state index in [4.69, 9.17) is 4.74 Å². The Bertz CT molecular complexity index is 624. The second-order valence-electron chi connectivity index (χ2n) is 4.70. The number of carbonyl (C=O) groups excluding carboxylic acids is 1. The van der Waals surface area contributed by atoms with Crippen LogP contribution in [0, 0.1) is 12.7 Å². The maximum absolute atomic E-state index is 12.9. The van der Waals surface area contributed by atoms with Gasteiger partial charge >= 0.3 is 0 Å². The predicted octanol–water partition coefficient (Wildman–Crippen LogP) is 1.48. The normalized spacial score (nSPS) is 12.2. The first-order valence-corrected chi connectivity index (χ1v) is 6.50. The number of aryl methyl sites for hydroxylation is 1. The van der Waals surface area contributed by atoms with E-state index in [1.807, 2.05) is 6.92 Å². The molecule has 0 bridgehead atoms. The third-order valence-electron chi connectivity index (χ3n) is 2.84. The van der Waals surface area contributed by atoms with E-state index in [0.29, 0.717) is 18.1 Å². The van der Waals surface area contributed by atoms with Crippen LogP contribution in [0.1, 0.15) is 23.4 Å². The van der Waals surface area contributed by atoms with Crippen molar-refractivity contribution >= 4 is 5.91 Å². The quantitative estimate of drug-likeness (QED) is 0.906. The molecule has 1 N–H and O–H groups in total. The molecule has 0 unspecified atom stereocenters. The van der Waals surface area contributed by atoms with Gasteiger partial charge in [-0.3, -0.25) is 4.79 Å². The van der Waals surface area contributed by atoms with Crippen LogP contribution in [0.3, 0.4) is 0 Å². The van der Waals surface area contributed by atoms with Crippen LogP contribution < -0.4 is 5.32 Å². The van der Waals surface area contributed by atoms with Gasteiger partial charge in [0.1, 0.15) is 11.6 Å². The van der Waals surface area contributed by atoms with E-state index in [1.165, 1.54) is 16.8 Å². The van der Waals surface area contributed by atoms with Crippen molar-refractivity contribution < 1.29 is 13.9 Å². The lowest BCUT2D eigenvalue weighted by atomic mass is 10.3. The Morgan fingerprint density at radius 1 is 1.43 bits per heavy atom. The molecule has 1 aromatic heterocycles. The smallest absolute Gasteiger partial charge is 0.291 e. The average Bonchev–Trinajstić information content (AvgIpc) is 2.82. The molecule has 21 heavy (non-hydrogen) atoms. The van der Waals surface area contributed by atoms with Crippen LogP contribution in [0.15, 0.2) is 24.3 Å². The first-order chi connectivity index (χ1) is 10.0. The second kappa shape index (κ2) is 6.45. The lowest BCUT2D eigenvalue weighted by Gasteiger charge is -2.10. The number of amides is 1. The van der Waals surface area contributed by atoms with Crippen LogP contribution in [0.4, 0.5) is 4.39 Å². The molecule has 0 radical (unpaired) electrons. The van der Waals surface area contributed by atoms with E-state index in [0.717, 1.165) is 0 Å². The zero-order valence-corrected chi connectivity index (χ0v) is 12.1. The maximum atomic E-state index is 12.9. The van der Waals surface area contributed by atoms with Crippen molar-refractivity contribution in [1.29, 1.82) is 0 Å². The molecular weight excluding hydrogens is 275 g/mol. The van der Waals surface area contributed by atoms with Crippen molar-refractivity contribution in [1.82, 2.24) is 20.1 Å². The van der Waals surface area contributed by atoms with Crippen LogP contribution in [0.5, 0.6) is 0 Å². The Balaban J connectivity index is 2.19. The average molecular weight is 292 g/mol. The molecule has 7 heteroatoms. The molecule has 1 aromatic carbocycles. The first kappa shape index (κ1) is 15.1. The van der Waals surface area contributed by atoms with Crippen LogP contribution in [-0.2, 0) is 4.74 Å². The summed E-state index contributed by atoms with van der Waals surface area (Å²) in [4.78, 5) is 16.1. The molecule has 0 fully saturated rings. The summed E-state index contributed by atoms with van der Waals surface area (Å²) in [5.41, 5.74) is 0.644. The summed E-state index contributed by atoms with van der Waals surface area (Å²) >= 11 is 0. The lowest BCUT2D eigenvalue weighted by molar-refractivity contribution is 0.0895. The molecule has 0 aliphatic rings. The standard InChI is InChI=1S/C14H17FN4O2/c1-9(8-21-3)16-14(20)13-17-10(2)19(18-13)12-6-4-11(15)5-7-12/h4-7,9H,8H2,1-3H3,(H,16,20)/t9-/m1/s1. The van der Waals surface area contributed by atoms with E-state index < -0.39 is 0 Å². The highest BCUT2D eigenvalue weighted by molar-refractivity contribution is 5.90. The number of rotatable bonds is 5. The molecule has 0 saturated heterocycles. The highest BCUT2D eigenvalue weighted by Crippen LogP contribution is 2.10. The zero-order valence-electron chi connectivity index (χ0n) is 12.1. The van der Waals surface area contributed by atoms with Gasteiger partial charge in [-0.25, -0.2) is 14.1 Å². The number of benzene rings is 1. The summed E-state index contributed by atoms with van der Waals surface area (Å²) in [6.45, 7) is 3.96. The summed E-state index contributed by atoms with van der Waals surface area (Å²) in [6, 6.07) is 5.67. The fraction of sp³-hybridized carbons (Fsp3) is 0.357. The summed E-state index contributed by atoms with van der Waals surface area (Å²) < 4.78 is 19.4. The van der Waals surface area contributed by atoms with Gasteiger partial charge in [0.2, 0.25) is 5.82 Å². The van der Waals surface area contributed by atoms with Crippen molar-refractivity contribution in [3.05, 3.63) is 41.7 Å². The molecule has 1 amide bonds. The number of hydrogen-bond donors (Lipinski definition) is 1. The molecule has 0 aliphatic carbocycles. The summed E-state index contributed by atoms with van der Waals surface area (Å²) in [5.74, 6) is -0.0858. The number of ether oxygens (including phenoxy) is 1. The van der Waals surface area contributed by atoms with Crippen LogP contribution in [0.25, 0.3) is 5.69 Å². The van der Waals surface area contributed by atoms with Crippen LogP contribution in [-0.4, -0.2) is 40.4 Å². The molecule has 112 valence electrons. The molecule has 1 heterocycles. The molecule has 2 rings (SSSR count). The molecule has 6 nitrogen and oxygen atoms in total. The summed E-state index contributed by atoms with van der Waals surface area (Å²) in [6.07, 6.45) is 0. The minimum atomic E-state index is -0.372. The van der Waals surface area contributed by atoms with E-state index in [2.05, 4.69) is 15.4 Å². The third-order valence-corrected chi connectivity index (χ3v) is 2.84. The molecular formula is C14H17FN4O2. The molecule has 0 spiro atoms. The predicted molar refractivity (Wildman–Crippen MR) is 74.9 cm³/mol. The minimum absolute atomic E-state index is 0.0692. The van der Waals surface area contributed by atoms with Gasteiger partial charge in [0, 0.05) is 13.2 Å². The van der Waals surface area contributed by atoms with Gasteiger partial charge in [0.25, 0.3) is 5.91 Å². The summed E-state index contributed by atoms with van der Waals surface area (Å²) in [5, 5.41) is 6.89. The van der Waals surface area contributed by atoms with Gasteiger partial charge in [-0.2, -0.15) is 0 Å². The van der Waals surface area contributed by atoms with Crippen LogP contribution in [0.2, 0.25) is 0 Å². The Morgan fingerprint density at radius 3 is 2.71 bits per heavy atom. The lowest BCUT2D eigenvalue weighted by Crippen LogP contribution is -2.36. The van der Waals surface area contributed by atoms with Gasteiger partial charge < -0.3 is 10.1 Å². The largest absolute Gasteiger partial charge is 0.383 e. The SMILES string of the molecule is COC[C@@H](C)NC(=O)c1nc(C)n(-c2ccc(F)cc2)n1. The van der Waals surface area contributed by atoms with Gasteiger partial charge in [0.15, 0.2) is 0 Å². The maximum Gasteiger partial charge on any atom is 0.291 e. The number of halogens is 1. The summed E-state index contributed by atoms with van der Waals surface area (Å²) in [7, 11) is 1.56. The third kappa shape index (κ3) is 3.63. The fourth-order valence-electron chi connectivity index (χ4n) is 1.89. The van der Waals surface area contributed by atoms with E-state index >= 15 is 0 Å². The van der Waals surface area contributed by atoms with Gasteiger partial charge in [-0.05, 0) is 38.1 Å². The molecule has 0 saturated carbocycles. The Kier molecular flexibility index (Phi) is 4.64. The highest BCUT2D eigenvalue weighted by atomic mass is 19.1. The number of aromatic nitrogens is 3. The second-order valence-corrected chi connectivity index (χ2v) is 4.70. The number of methoxy groups -OCH3 is 1. The fourth-order valence-corrected chi connectivity index (χ4v) is 1.89. The number of nitrogens with one attached hydrogen (secondary N) is 1. The Hall–Kier alpha value is -2.28. The van der Waals surface area contributed by atoms with Gasteiger partial charge in [0.05, 0.1) is 12.3 Å². The minimum Gasteiger partial charge on any atom is -0.383 e. The Morgan fingerprint density at radius 2 is 2.10 bits per heavy atom. The van der Waals surface area contributed by atoms with Gasteiger partial charge in [-0.15, -0.1) is 5.10 Å².